The number of carbonyl (C=O) groups is 1. The van der Waals surface area contributed by atoms with E-state index in [1.807, 2.05) is 38.1 Å². The molecule has 36 heavy (non-hydrogen) atoms. The van der Waals surface area contributed by atoms with Crippen LogP contribution in [0.4, 0.5) is 11.4 Å². The molecule has 1 saturated heterocycles. The van der Waals surface area contributed by atoms with Gasteiger partial charge < -0.3 is 10.1 Å². The van der Waals surface area contributed by atoms with Gasteiger partial charge in [0, 0.05) is 16.6 Å². The first-order valence-corrected chi connectivity index (χ1v) is 13.7. The molecule has 7 nitrogen and oxygen atoms in total. The van der Waals surface area contributed by atoms with E-state index in [1.165, 1.54) is 23.9 Å². The SMILES string of the molecule is Cc1cc(N=C2NC(=O)/C(=C/c3cc(Br)c(OCc4cccc([N+](=O)[O-])c4)c(Br)c3)S2)cc(C)c1Br. The lowest BCUT2D eigenvalue weighted by Gasteiger charge is -2.11. The Balaban J connectivity index is 1.51. The number of nitrogens with one attached hydrogen (secondary N) is 1. The number of non-ortho nitro benzene ring substituents is 1. The Hall–Kier alpha value is -2.47. The highest BCUT2D eigenvalue weighted by atomic mass is 79.9. The van der Waals surface area contributed by atoms with Crippen molar-refractivity contribution in [3.05, 3.63) is 99.2 Å². The van der Waals surface area contributed by atoms with Gasteiger partial charge in [-0.05, 0) is 110 Å². The van der Waals surface area contributed by atoms with Gasteiger partial charge in [0.15, 0.2) is 5.17 Å². The molecule has 184 valence electrons. The highest BCUT2D eigenvalue weighted by Gasteiger charge is 2.24. The summed E-state index contributed by atoms with van der Waals surface area (Å²) in [5.41, 5.74) is 4.38. The molecule has 0 aliphatic carbocycles. The number of aliphatic imine (C=N–C) groups is 1. The minimum absolute atomic E-state index is 0.0110. The molecule has 0 bridgehead atoms. The first-order chi connectivity index (χ1) is 17.1. The number of rotatable bonds is 6. The summed E-state index contributed by atoms with van der Waals surface area (Å²) >= 11 is 11.9. The molecule has 1 aliphatic rings. The van der Waals surface area contributed by atoms with E-state index in [-0.39, 0.29) is 18.2 Å². The molecule has 0 radical (unpaired) electrons. The number of nitro benzene ring substituents is 1. The number of thioether (sulfide) groups is 1. The molecular formula is C25H18Br3N3O4S. The second-order valence-electron chi connectivity index (χ2n) is 7.90. The molecule has 1 aliphatic heterocycles. The number of aryl methyl sites for hydroxylation is 2. The number of amides is 1. The third-order valence-electron chi connectivity index (χ3n) is 5.13. The van der Waals surface area contributed by atoms with Crippen LogP contribution in [0, 0.1) is 24.0 Å². The Morgan fingerprint density at radius 1 is 1.08 bits per heavy atom. The zero-order valence-electron chi connectivity index (χ0n) is 19.0. The van der Waals surface area contributed by atoms with Crippen molar-refractivity contribution in [3.8, 4) is 5.75 Å². The van der Waals surface area contributed by atoms with Crippen LogP contribution in [-0.2, 0) is 11.4 Å². The van der Waals surface area contributed by atoms with Crippen molar-refractivity contribution in [2.75, 3.05) is 0 Å². The first kappa shape index (κ1) is 26.6. The summed E-state index contributed by atoms with van der Waals surface area (Å²) in [7, 11) is 0. The minimum Gasteiger partial charge on any atom is -0.487 e. The zero-order valence-corrected chi connectivity index (χ0v) is 24.5. The van der Waals surface area contributed by atoms with Gasteiger partial charge in [0.2, 0.25) is 0 Å². The van der Waals surface area contributed by atoms with Crippen LogP contribution in [0.15, 0.2) is 71.8 Å². The molecule has 0 unspecified atom stereocenters. The van der Waals surface area contributed by atoms with Crippen molar-refractivity contribution in [2.45, 2.75) is 20.5 Å². The molecule has 4 rings (SSSR count). The van der Waals surface area contributed by atoms with Gasteiger partial charge in [0.1, 0.15) is 12.4 Å². The maximum Gasteiger partial charge on any atom is 0.269 e. The summed E-state index contributed by atoms with van der Waals surface area (Å²) in [5.74, 6) is 0.331. The first-order valence-electron chi connectivity index (χ1n) is 10.5. The summed E-state index contributed by atoms with van der Waals surface area (Å²) < 4.78 is 8.29. The van der Waals surface area contributed by atoms with Crippen LogP contribution >= 0.6 is 59.6 Å². The standard InChI is InChI=1S/C25H18Br3N3O4S/c1-13-6-17(7-14(2)22(13)28)29-25-30-24(32)21(36-25)11-16-9-19(26)23(20(27)10-16)35-12-15-4-3-5-18(8-15)31(33)34/h3-11H,12H2,1-2H3,(H,29,30,32)/b21-11-. The maximum absolute atomic E-state index is 12.6. The van der Waals surface area contributed by atoms with E-state index in [4.69, 9.17) is 4.74 Å². The Kier molecular flexibility index (Phi) is 8.34. The highest BCUT2D eigenvalue weighted by Crippen LogP contribution is 2.37. The lowest BCUT2D eigenvalue weighted by atomic mass is 10.1. The summed E-state index contributed by atoms with van der Waals surface area (Å²) in [6.45, 7) is 4.16. The number of benzene rings is 3. The number of amidine groups is 1. The highest BCUT2D eigenvalue weighted by molar-refractivity contribution is 9.11. The van der Waals surface area contributed by atoms with Crippen LogP contribution in [0.5, 0.6) is 5.75 Å². The molecule has 0 atom stereocenters. The fraction of sp³-hybridized carbons (Fsp3) is 0.120. The van der Waals surface area contributed by atoms with Crippen LogP contribution < -0.4 is 10.1 Å². The molecule has 3 aromatic carbocycles. The van der Waals surface area contributed by atoms with E-state index >= 15 is 0 Å². The second-order valence-corrected chi connectivity index (χ2v) is 11.4. The number of halogens is 3. The van der Waals surface area contributed by atoms with Crippen molar-refractivity contribution in [1.29, 1.82) is 0 Å². The van der Waals surface area contributed by atoms with Gasteiger partial charge in [-0.3, -0.25) is 14.9 Å². The molecule has 0 saturated carbocycles. The summed E-state index contributed by atoms with van der Waals surface area (Å²) in [4.78, 5) is 28.2. The normalized spacial score (nSPS) is 15.4. The van der Waals surface area contributed by atoms with E-state index < -0.39 is 4.92 Å². The van der Waals surface area contributed by atoms with E-state index in [2.05, 4.69) is 58.1 Å². The van der Waals surface area contributed by atoms with Gasteiger partial charge >= 0.3 is 0 Å². The van der Waals surface area contributed by atoms with Crippen LogP contribution in [0.2, 0.25) is 0 Å². The third kappa shape index (κ3) is 6.26. The Bertz CT molecular complexity index is 1410. The maximum atomic E-state index is 12.6. The number of ether oxygens (including phenoxy) is 1. The molecule has 0 aromatic heterocycles. The molecular weight excluding hydrogens is 678 g/mol. The minimum atomic E-state index is -0.439. The topological polar surface area (TPSA) is 93.8 Å². The lowest BCUT2D eigenvalue weighted by Crippen LogP contribution is -2.19. The van der Waals surface area contributed by atoms with Gasteiger partial charge in [0.25, 0.3) is 11.6 Å². The molecule has 1 N–H and O–H groups in total. The largest absolute Gasteiger partial charge is 0.487 e. The monoisotopic (exact) mass is 693 g/mol. The molecule has 1 heterocycles. The van der Waals surface area contributed by atoms with Crippen molar-refractivity contribution >= 4 is 88.1 Å². The summed E-state index contributed by atoms with van der Waals surface area (Å²) in [5, 5.41) is 14.3. The van der Waals surface area contributed by atoms with Gasteiger partial charge in [0.05, 0.1) is 24.5 Å². The van der Waals surface area contributed by atoms with E-state index in [9.17, 15) is 14.9 Å². The van der Waals surface area contributed by atoms with Gasteiger partial charge in [-0.15, -0.1) is 0 Å². The molecule has 1 amide bonds. The number of nitro groups is 1. The lowest BCUT2D eigenvalue weighted by molar-refractivity contribution is -0.384. The smallest absolute Gasteiger partial charge is 0.269 e. The fourth-order valence-corrected chi connectivity index (χ4v) is 5.97. The van der Waals surface area contributed by atoms with E-state index in [0.29, 0.717) is 30.3 Å². The fourth-order valence-electron chi connectivity index (χ4n) is 3.45. The van der Waals surface area contributed by atoms with Crippen molar-refractivity contribution < 1.29 is 14.5 Å². The molecule has 1 fully saturated rings. The van der Waals surface area contributed by atoms with Crippen molar-refractivity contribution in [1.82, 2.24) is 5.32 Å². The zero-order chi connectivity index (χ0) is 26.0. The Morgan fingerprint density at radius 2 is 1.75 bits per heavy atom. The predicted molar refractivity (Wildman–Crippen MR) is 154 cm³/mol. The van der Waals surface area contributed by atoms with Gasteiger partial charge in [-0.1, -0.05) is 28.1 Å². The second kappa shape index (κ2) is 11.3. The van der Waals surface area contributed by atoms with Gasteiger partial charge in [-0.25, -0.2) is 4.99 Å². The quantitative estimate of drug-likeness (QED) is 0.160. The Labute approximate surface area is 237 Å². The Morgan fingerprint density at radius 3 is 2.39 bits per heavy atom. The molecule has 3 aromatic rings. The van der Waals surface area contributed by atoms with Crippen molar-refractivity contribution in [3.63, 3.8) is 0 Å². The van der Waals surface area contributed by atoms with Crippen LogP contribution in [0.1, 0.15) is 22.3 Å². The van der Waals surface area contributed by atoms with Crippen LogP contribution in [0.3, 0.4) is 0 Å². The number of hydrogen-bond acceptors (Lipinski definition) is 6. The van der Waals surface area contributed by atoms with Crippen molar-refractivity contribution in [2.24, 2.45) is 4.99 Å². The summed E-state index contributed by atoms with van der Waals surface area (Å²) in [6.07, 6.45) is 1.78. The average Bonchev–Trinajstić information content (AvgIpc) is 3.15. The number of nitrogens with zero attached hydrogens (tertiary/aromatic N) is 2. The van der Waals surface area contributed by atoms with E-state index in [0.717, 1.165) is 26.9 Å². The van der Waals surface area contributed by atoms with Gasteiger partial charge in [-0.2, -0.15) is 0 Å². The third-order valence-corrected chi connectivity index (χ3v) is 8.46. The van der Waals surface area contributed by atoms with Crippen LogP contribution in [0.25, 0.3) is 6.08 Å². The van der Waals surface area contributed by atoms with E-state index in [1.54, 1.807) is 18.2 Å². The summed E-state index contributed by atoms with van der Waals surface area (Å²) in [6, 6.07) is 13.9. The average molecular weight is 696 g/mol. The molecule has 11 heteroatoms. The van der Waals surface area contributed by atoms with Crippen LogP contribution in [-0.4, -0.2) is 16.0 Å². The predicted octanol–water partition coefficient (Wildman–Crippen LogP) is 7.97. The number of hydrogen-bond donors (Lipinski definition) is 1. The number of carbonyl (C=O) groups excluding carboxylic acids is 1. The molecule has 0 spiro atoms.